The Bertz CT molecular complexity index is 1040. The molecule has 0 spiro atoms. The Morgan fingerprint density at radius 2 is 2.00 bits per heavy atom. The number of aromatic nitrogens is 2. The topological polar surface area (TPSA) is 135 Å². The van der Waals surface area contributed by atoms with Gasteiger partial charge in [0.2, 0.25) is 0 Å². The van der Waals surface area contributed by atoms with Crippen LogP contribution in [0.2, 0.25) is 0 Å². The fourth-order valence-electron chi connectivity index (χ4n) is 3.91. The lowest BCUT2D eigenvalue weighted by Gasteiger charge is -2.30. The van der Waals surface area contributed by atoms with E-state index >= 15 is 0 Å². The Balaban J connectivity index is 1.59. The number of nitrogens with one attached hydrogen (secondary N) is 1. The second-order valence-corrected chi connectivity index (χ2v) is 11.7. The van der Waals surface area contributed by atoms with Gasteiger partial charge in [-0.25, -0.2) is 4.79 Å². The summed E-state index contributed by atoms with van der Waals surface area (Å²) >= 11 is 1.14. The standard InChI is InChI=1S/C21H33N2O9PS/c1-7-19(2,3)17(25)34-11-10-28-33(27)29-12-13-15-21(6,32-20(4,5)31-15)16(30-13)23-9-8-14(24)22-18(23)26/h8-9,13,15-16,33H,7,10-12H2,1-6H3,(H,22,24,26)/t13-,15-,16-,21-/m1/s1. The Hall–Kier alpha value is -1.27. The first-order chi connectivity index (χ1) is 15.8. The number of nitrogens with zero attached hydrogens (tertiary/aromatic N) is 1. The van der Waals surface area contributed by atoms with Crippen molar-refractivity contribution in [3.8, 4) is 0 Å². The van der Waals surface area contributed by atoms with E-state index in [1.54, 1.807) is 20.8 Å². The van der Waals surface area contributed by atoms with Crippen LogP contribution in [0.15, 0.2) is 21.9 Å². The number of aromatic amines is 1. The summed E-state index contributed by atoms with van der Waals surface area (Å²) in [4.78, 5) is 38.2. The van der Waals surface area contributed by atoms with Crippen molar-refractivity contribution in [2.45, 2.75) is 77.8 Å². The van der Waals surface area contributed by atoms with Gasteiger partial charge in [-0.3, -0.25) is 23.7 Å². The first-order valence-corrected chi connectivity index (χ1v) is 13.3. The SMILES string of the molecule is CCC(C)(C)C(=O)SCCO[PH](=O)OC[C@H]1O[C@@H](n2ccc(=O)[nH]c2=O)[C@]2(C)OC(C)(C)O[C@H]12. The van der Waals surface area contributed by atoms with Gasteiger partial charge in [0, 0.05) is 23.4 Å². The van der Waals surface area contributed by atoms with Crippen molar-refractivity contribution in [2.24, 2.45) is 5.41 Å². The van der Waals surface area contributed by atoms with Gasteiger partial charge < -0.3 is 23.3 Å². The van der Waals surface area contributed by atoms with Crippen LogP contribution in [0.1, 0.15) is 54.2 Å². The largest absolute Gasteiger partial charge is 0.346 e. The van der Waals surface area contributed by atoms with Crippen LogP contribution in [0.25, 0.3) is 0 Å². The minimum atomic E-state index is -2.85. The predicted octanol–water partition coefficient (Wildman–Crippen LogP) is 2.46. The molecule has 0 bridgehead atoms. The van der Waals surface area contributed by atoms with Crippen LogP contribution in [0, 0.1) is 5.41 Å². The number of fused-ring (bicyclic) bond motifs is 1. The number of carbonyl (C=O) groups excluding carboxylic acids is 1. The Labute approximate surface area is 202 Å². The molecule has 34 heavy (non-hydrogen) atoms. The molecule has 2 aliphatic heterocycles. The van der Waals surface area contributed by atoms with Crippen molar-refractivity contribution >= 4 is 25.1 Å². The Kier molecular flexibility index (Phi) is 8.34. The molecule has 1 aromatic heterocycles. The van der Waals surface area contributed by atoms with Crippen LogP contribution in [-0.4, -0.2) is 57.2 Å². The zero-order valence-electron chi connectivity index (χ0n) is 20.2. The van der Waals surface area contributed by atoms with E-state index in [2.05, 4.69) is 4.98 Å². The molecule has 192 valence electrons. The minimum Gasteiger partial charge on any atom is -0.346 e. The van der Waals surface area contributed by atoms with Gasteiger partial charge in [-0.15, -0.1) is 0 Å². The molecule has 1 aromatic rings. The second kappa shape index (κ2) is 10.4. The van der Waals surface area contributed by atoms with Crippen LogP contribution < -0.4 is 11.2 Å². The molecule has 3 rings (SSSR count). The molecule has 3 heterocycles. The van der Waals surface area contributed by atoms with Gasteiger partial charge in [-0.1, -0.05) is 32.5 Å². The lowest BCUT2D eigenvalue weighted by molar-refractivity contribution is -0.217. The molecule has 1 unspecified atom stereocenters. The van der Waals surface area contributed by atoms with Crippen LogP contribution in [0.4, 0.5) is 0 Å². The highest BCUT2D eigenvalue weighted by atomic mass is 32.2. The number of rotatable bonds is 10. The molecule has 0 saturated carbocycles. The third-order valence-corrected chi connectivity index (χ3v) is 8.04. The Morgan fingerprint density at radius 1 is 1.29 bits per heavy atom. The molecule has 0 amide bonds. The smallest absolute Gasteiger partial charge is 0.330 e. The fourth-order valence-corrected chi connectivity index (χ4v) is 5.60. The van der Waals surface area contributed by atoms with Gasteiger partial charge in [0.25, 0.3) is 5.56 Å². The molecule has 0 radical (unpaired) electrons. The maximum Gasteiger partial charge on any atom is 0.330 e. The van der Waals surface area contributed by atoms with E-state index in [1.807, 2.05) is 20.8 Å². The predicted molar refractivity (Wildman–Crippen MR) is 126 cm³/mol. The number of hydrogen-bond donors (Lipinski definition) is 1. The molecular formula is C21H33N2O9PS. The van der Waals surface area contributed by atoms with E-state index in [9.17, 15) is 18.9 Å². The molecule has 11 nitrogen and oxygen atoms in total. The summed E-state index contributed by atoms with van der Waals surface area (Å²) in [6.45, 7) is 10.9. The molecule has 2 aliphatic rings. The van der Waals surface area contributed by atoms with Gasteiger partial charge in [0.1, 0.15) is 17.8 Å². The van der Waals surface area contributed by atoms with Crippen molar-refractivity contribution in [1.82, 2.24) is 9.55 Å². The molecule has 13 heteroatoms. The normalized spacial score (nSPS) is 29.2. The van der Waals surface area contributed by atoms with E-state index < -0.39 is 54.7 Å². The number of H-pyrrole nitrogens is 1. The van der Waals surface area contributed by atoms with Crippen LogP contribution in [0.5, 0.6) is 0 Å². The van der Waals surface area contributed by atoms with Gasteiger partial charge >= 0.3 is 13.9 Å². The highest BCUT2D eigenvalue weighted by Crippen LogP contribution is 2.50. The molecule has 2 fully saturated rings. The quantitative estimate of drug-likeness (QED) is 0.362. The van der Waals surface area contributed by atoms with E-state index in [0.717, 1.165) is 18.2 Å². The van der Waals surface area contributed by atoms with Crippen molar-refractivity contribution < 1.29 is 32.6 Å². The van der Waals surface area contributed by atoms with Crippen molar-refractivity contribution in [3.63, 3.8) is 0 Å². The number of carbonyl (C=O) groups is 1. The van der Waals surface area contributed by atoms with Crippen molar-refractivity contribution in [2.75, 3.05) is 19.0 Å². The number of hydrogen-bond acceptors (Lipinski definition) is 10. The first kappa shape index (κ1) is 27.3. The highest BCUT2D eigenvalue weighted by molar-refractivity contribution is 8.13. The summed E-state index contributed by atoms with van der Waals surface area (Å²) in [7, 11) is -2.85. The van der Waals surface area contributed by atoms with Crippen molar-refractivity contribution in [3.05, 3.63) is 33.1 Å². The van der Waals surface area contributed by atoms with Crippen molar-refractivity contribution in [1.29, 1.82) is 0 Å². The first-order valence-electron chi connectivity index (χ1n) is 11.1. The highest BCUT2D eigenvalue weighted by Gasteiger charge is 2.64. The lowest BCUT2D eigenvalue weighted by Crippen LogP contribution is -2.45. The molecule has 1 N–H and O–H groups in total. The summed E-state index contributed by atoms with van der Waals surface area (Å²) in [5, 5.41) is 0.0577. The average Bonchev–Trinajstić information content (AvgIpc) is 3.15. The average molecular weight is 521 g/mol. The van der Waals surface area contributed by atoms with Gasteiger partial charge in [-0.2, -0.15) is 0 Å². The van der Waals surface area contributed by atoms with E-state index in [-0.39, 0.29) is 18.3 Å². The summed E-state index contributed by atoms with van der Waals surface area (Å²) in [5.41, 5.74) is -2.67. The third kappa shape index (κ3) is 5.92. The monoisotopic (exact) mass is 520 g/mol. The number of thioether (sulfide) groups is 1. The Morgan fingerprint density at radius 3 is 2.65 bits per heavy atom. The van der Waals surface area contributed by atoms with Crippen LogP contribution >= 0.6 is 20.0 Å². The van der Waals surface area contributed by atoms with E-state index in [4.69, 9.17) is 23.3 Å². The minimum absolute atomic E-state index is 0.0577. The summed E-state index contributed by atoms with van der Waals surface area (Å²) < 4.78 is 42.3. The molecule has 0 aliphatic carbocycles. The molecule has 5 atom stereocenters. The summed E-state index contributed by atoms with van der Waals surface area (Å²) in [5.74, 6) is -0.589. The van der Waals surface area contributed by atoms with Crippen LogP contribution in [-0.2, 0) is 32.6 Å². The fraction of sp³-hybridized carbons (Fsp3) is 0.762. The van der Waals surface area contributed by atoms with E-state index in [1.165, 1.54) is 16.8 Å². The maximum absolute atomic E-state index is 12.4. The zero-order valence-corrected chi connectivity index (χ0v) is 22.1. The number of ether oxygens (including phenoxy) is 3. The third-order valence-electron chi connectivity index (χ3n) is 6.02. The molecule has 0 aromatic carbocycles. The molecule has 2 saturated heterocycles. The zero-order chi connectivity index (χ0) is 25.3. The maximum atomic E-state index is 12.4. The van der Waals surface area contributed by atoms with E-state index in [0.29, 0.717) is 5.75 Å². The summed E-state index contributed by atoms with van der Waals surface area (Å²) in [6, 6.07) is 1.21. The van der Waals surface area contributed by atoms with Gasteiger partial charge in [0.15, 0.2) is 17.1 Å². The second-order valence-electron chi connectivity index (χ2n) is 9.55. The lowest BCUT2D eigenvalue weighted by atomic mass is 9.92. The summed E-state index contributed by atoms with van der Waals surface area (Å²) in [6.07, 6.45) is -0.197. The van der Waals surface area contributed by atoms with Gasteiger partial charge in [0.05, 0.1) is 13.2 Å². The van der Waals surface area contributed by atoms with Crippen LogP contribution in [0.3, 0.4) is 0 Å². The van der Waals surface area contributed by atoms with Gasteiger partial charge in [-0.05, 0) is 27.2 Å². The molecular weight excluding hydrogens is 487 g/mol.